The first kappa shape index (κ1) is 17.9. The van der Waals surface area contributed by atoms with Crippen molar-refractivity contribution in [2.75, 3.05) is 77.7 Å². The highest BCUT2D eigenvalue weighted by Gasteiger charge is 2.44. The molecule has 4 fully saturated rings. The predicted molar refractivity (Wildman–Crippen MR) is 102 cm³/mol. The quantitative estimate of drug-likeness (QED) is 0.590. The summed E-state index contributed by atoms with van der Waals surface area (Å²) >= 11 is 2.09. The number of thioether (sulfide) groups is 1. The van der Waals surface area contributed by atoms with Gasteiger partial charge in [-0.1, -0.05) is 0 Å². The minimum atomic E-state index is 0.262. The molecule has 4 aliphatic rings. The molecule has 0 aromatic rings. The largest absolute Gasteiger partial charge is 0.381 e. The van der Waals surface area contributed by atoms with Crippen LogP contribution in [0.15, 0.2) is 4.99 Å². The molecule has 4 rings (SSSR count). The van der Waals surface area contributed by atoms with Gasteiger partial charge in [-0.25, -0.2) is 0 Å². The van der Waals surface area contributed by atoms with Gasteiger partial charge in [0, 0.05) is 63.1 Å². The van der Waals surface area contributed by atoms with Crippen molar-refractivity contribution in [2.45, 2.75) is 24.8 Å². The zero-order valence-electron chi connectivity index (χ0n) is 15.5. The van der Waals surface area contributed by atoms with E-state index in [1.54, 1.807) is 0 Å². The van der Waals surface area contributed by atoms with Gasteiger partial charge in [-0.15, -0.1) is 0 Å². The van der Waals surface area contributed by atoms with Gasteiger partial charge in [-0.3, -0.25) is 9.89 Å². The van der Waals surface area contributed by atoms with Crippen LogP contribution >= 0.6 is 11.8 Å². The van der Waals surface area contributed by atoms with Crippen LogP contribution in [0.2, 0.25) is 0 Å². The lowest BCUT2D eigenvalue weighted by Crippen LogP contribution is -2.60. The van der Waals surface area contributed by atoms with E-state index in [4.69, 9.17) is 9.47 Å². The molecule has 2 unspecified atom stereocenters. The van der Waals surface area contributed by atoms with E-state index in [9.17, 15) is 0 Å². The van der Waals surface area contributed by atoms with Crippen molar-refractivity contribution in [3.05, 3.63) is 0 Å². The molecule has 0 aliphatic carbocycles. The first-order valence-electron chi connectivity index (χ1n) is 9.69. The van der Waals surface area contributed by atoms with E-state index >= 15 is 0 Å². The third kappa shape index (κ3) is 3.66. The van der Waals surface area contributed by atoms with E-state index in [0.717, 1.165) is 65.1 Å². The molecule has 2 atom stereocenters. The first-order chi connectivity index (χ1) is 12.3. The average molecular weight is 369 g/mol. The van der Waals surface area contributed by atoms with Gasteiger partial charge in [-0.2, -0.15) is 11.8 Å². The molecule has 0 bridgehead atoms. The number of hydrogen-bond donors (Lipinski definition) is 1. The zero-order valence-corrected chi connectivity index (χ0v) is 16.3. The van der Waals surface area contributed by atoms with E-state index < -0.39 is 0 Å². The van der Waals surface area contributed by atoms with Crippen molar-refractivity contribution in [3.8, 4) is 0 Å². The molecule has 0 saturated carbocycles. The summed E-state index contributed by atoms with van der Waals surface area (Å²) in [5.41, 5.74) is 0.640. The van der Waals surface area contributed by atoms with Crippen molar-refractivity contribution in [1.82, 2.24) is 15.1 Å². The number of nitrogens with one attached hydrogen (secondary N) is 1. The third-order valence-corrected chi connectivity index (χ3v) is 7.71. The lowest BCUT2D eigenvalue weighted by Gasteiger charge is -2.43. The Morgan fingerprint density at radius 2 is 2.00 bits per heavy atom. The Morgan fingerprint density at radius 3 is 2.68 bits per heavy atom. The van der Waals surface area contributed by atoms with Gasteiger partial charge in [0.15, 0.2) is 5.96 Å². The summed E-state index contributed by atoms with van der Waals surface area (Å²) in [4.78, 5) is 9.71. The summed E-state index contributed by atoms with van der Waals surface area (Å²) in [6.07, 6.45) is 3.70. The number of likely N-dealkylation sites (tertiary alicyclic amines) is 1. The fourth-order valence-electron chi connectivity index (χ4n) is 4.80. The Hall–Kier alpha value is -0.500. The summed E-state index contributed by atoms with van der Waals surface area (Å²) in [6, 6.07) is 0. The maximum atomic E-state index is 5.67. The molecule has 25 heavy (non-hydrogen) atoms. The van der Waals surface area contributed by atoms with Crippen LogP contribution in [0.5, 0.6) is 0 Å². The maximum absolute atomic E-state index is 5.67. The number of hydrogen-bond acceptors (Lipinski definition) is 5. The van der Waals surface area contributed by atoms with E-state index in [1.807, 2.05) is 7.05 Å². The molecule has 1 N–H and O–H groups in total. The molecule has 4 aliphatic heterocycles. The lowest BCUT2D eigenvalue weighted by molar-refractivity contribution is -0.0121. The highest BCUT2D eigenvalue weighted by atomic mass is 32.2. The molecule has 6 nitrogen and oxygen atoms in total. The van der Waals surface area contributed by atoms with Crippen LogP contribution in [0.3, 0.4) is 0 Å². The van der Waals surface area contributed by atoms with Gasteiger partial charge in [0.05, 0.1) is 19.8 Å². The second-order valence-corrected chi connectivity index (χ2v) is 9.11. The van der Waals surface area contributed by atoms with E-state index in [-0.39, 0.29) is 5.54 Å². The van der Waals surface area contributed by atoms with Crippen LogP contribution in [0.4, 0.5) is 0 Å². The van der Waals surface area contributed by atoms with Crippen LogP contribution < -0.4 is 5.32 Å². The molecular weight excluding hydrogens is 336 g/mol. The van der Waals surface area contributed by atoms with E-state index in [0.29, 0.717) is 5.41 Å². The Balaban J connectivity index is 1.38. The van der Waals surface area contributed by atoms with Crippen LogP contribution in [0, 0.1) is 5.41 Å². The minimum absolute atomic E-state index is 0.262. The van der Waals surface area contributed by atoms with Crippen molar-refractivity contribution >= 4 is 17.7 Å². The van der Waals surface area contributed by atoms with Crippen LogP contribution in [0.1, 0.15) is 19.3 Å². The zero-order chi connectivity index (χ0) is 17.2. The third-order valence-electron chi connectivity index (χ3n) is 6.47. The summed E-state index contributed by atoms with van der Waals surface area (Å²) < 4.78 is 11.2. The highest BCUT2D eigenvalue weighted by Crippen LogP contribution is 2.38. The molecule has 0 amide bonds. The molecule has 0 radical (unpaired) electrons. The smallest absolute Gasteiger partial charge is 0.193 e. The average Bonchev–Trinajstić information content (AvgIpc) is 3.40. The van der Waals surface area contributed by atoms with Crippen molar-refractivity contribution < 1.29 is 9.47 Å². The van der Waals surface area contributed by atoms with Gasteiger partial charge in [0.2, 0.25) is 0 Å². The predicted octanol–water partition coefficient (Wildman–Crippen LogP) is 0.882. The normalized spacial score (nSPS) is 37.3. The lowest BCUT2D eigenvalue weighted by atomic mass is 9.87. The minimum Gasteiger partial charge on any atom is -0.381 e. The van der Waals surface area contributed by atoms with Gasteiger partial charge in [0.25, 0.3) is 0 Å². The summed E-state index contributed by atoms with van der Waals surface area (Å²) in [6.45, 7) is 8.90. The number of nitrogens with zero attached hydrogens (tertiary/aromatic N) is 3. The van der Waals surface area contributed by atoms with Gasteiger partial charge in [0.1, 0.15) is 0 Å². The topological polar surface area (TPSA) is 49.3 Å². The second-order valence-electron chi connectivity index (χ2n) is 8.00. The summed E-state index contributed by atoms with van der Waals surface area (Å²) in [7, 11) is 1.92. The standard InChI is InChI=1S/C18H32N4O2S/c1-19-16(21-5-2-17(13-21)3-8-24-14-17)20-12-18(4-11-25-15-18)22-6-9-23-10-7-22/h2-15H2,1H3,(H,19,20). The molecule has 0 aromatic heterocycles. The molecule has 0 aromatic carbocycles. The number of ether oxygens (including phenoxy) is 2. The van der Waals surface area contributed by atoms with Crippen LogP contribution in [0.25, 0.3) is 0 Å². The van der Waals surface area contributed by atoms with Crippen molar-refractivity contribution in [2.24, 2.45) is 10.4 Å². The number of morpholine rings is 1. The van der Waals surface area contributed by atoms with Crippen LogP contribution in [-0.4, -0.2) is 99.0 Å². The maximum Gasteiger partial charge on any atom is 0.193 e. The molecule has 142 valence electrons. The Morgan fingerprint density at radius 1 is 1.12 bits per heavy atom. The number of guanidine groups is 1. The summed E-state index contributed by atoms with van der Waals surface area (Å²) in [5.74, 6) is 3.56. The molecule has 7 heteroatoms. The van der Waals surface area contributed by atoms with Crippen LogP contribution in [-0.2, 0) is 9.47 Å². The van der Waals surface area contributed by atoms with E-state index in [2.05, 4.69) is 31.9 Å². The summed E-state index contributed by atoms with van der Waals surface area (Å²) in [5, 5.41) is 3.74. The molecular formula is C18H32N4O2S. The fourth-order valence-corrected chi connectivity index (χ4v) is 6.28. The number of aliphatic imine (C=N–C) groups is 1. The Bertz CT molecular complexity index is 483. The first-order valence-corrected chi connectivity index (χ1v) is 10.8. The van der Waals surface area contributed by atoms with Crippen molar-refractivity contribution in [1.29, 1.82) is 0 Å². The number of rotatable bonds is 3. The Kier molecular flexibility index (Phi) is 5.46. The fraction of sp³-hybridized carbons (Fsp3) is 0.944. The van der Waals surface area contributed by atoms with Crippen molar-refractivity contribution in [3.63, 3.8) is 0 Å². The molecule has 4 saturated heterocycles. The van der Waals surface area contributed by atoms with Gasteiger partial charge in [-0.05, 0) is 25.0 Å². The second kappa shape index (κ2) is 7.62. The van der Waals surface area contributed by atoms with Gasteiger partial charge < -0.3 is 19.7 Å². The SMILES string of the molecule is CN=C(NCC1(N2CCOCC2)CCSC1)N1CCC2(CCOC2)C1. The monoisotopic (exact) mass is 368 g/mol. The highest BCUT2D eigenvalue weighted by molar-refractivity contribution is 7.99. The van der Waals surface area contributed by atoms with E-state index in [1.165, 1.54) is 30.8 Å². The Labute approximate surface area is 155 Å². The molecule has 1 spiro atoms. The molecule has 4 heterocycles. The van der Waals surface area contributed by atoms with Gasteiger partial charge >= 0.3 is 0 Å².